The van der Waals surface area contributed by atoms with Gasteiger partial charge in [-0.15, -0.1) is 10.2 Å². The highest BCUT2D eigenvalue weighted by atomic mass is 19.2. The number of H-pyrrole nitrogens is 1. The number of aromatic amines is 1. The fraction of sp³-hybridized carbons (Fsp3) is 0.261. The molecule has 4 N–H and O–H groups in total. The smallest absolute Gasteiger partial charge is 0.194 e. The normalized spacial score (nSPS) is 23.8. The molecular weight excluding hydrogens is 509 g/mol. The van der Waals surface area contributed by atoms with E-state index >= 15 is 0 Å². The van der Waals surface area contributed by atoms with E-state index in [9.17, 15) is 28.5 Å². The minimum atomic E-state index is -1.62. The molecule has 1 fully saturated rings. The molecule has 3 aromatic heterocycles. The number of hydrogen-bond acceptors (Lipinski definition) is 9. The Bertz CT molecular complexity index is 1600. The zero-order valence-electron chi connectivity index (χ0n) is 19.2. The van der Waals surface area contributed by atoms with E-state index in [0.29, 0.717) is 11.3 Å². The average molecular weight is 528 g/mol. The van der Waals surface area contributed by atoms with Crippen LogP contribution in [0.1, 0.15) is 12.3 Å². The van der Waals surface area contributed by atoms with E-state index in [4.69, 9.17) is 4.74 Å². The number of aromatic nitrogens is 8. The summed E-state index contributed by atoms with van der Waals surface area (Å²) in [6.07, 6.45) is -1.01. The molecular formula is C23H19F3N8O4. The van der Waals surface area contributed by atoms with Gasteiger partial charge in [-0.05, 0) is 24.3 Å². The Labute approximate surface area is 210 Å². The summed E-state index contributed by atoms with van der Waals surface area (Å²) in [6, 6.07) is 5.72. The zero-order chi connectivity index (χ0) is 26.6. The van der Waals surface area contributed by atoms with E-state index in [1.165, 1.54) is 17.1 Å². The van der Waals surface area contributed by atoms with Crippen molar-refractivity contribution >= 4 is 10.9 Å². The summed E-state index contributed by atoms with van der Waals surface area (Å²) in [6.45, 7) is -0.609. The molecule has 1 aliphatic heterocycles. The Morgan fingerprint density at radius 1 is 0.974 bits per heavy atom. The Balaban J connectivity index is 1.36. The molecule has 38 heavy (non-hydrogen) atoms. The lowest BCUT2D eigenvalue weighted by molar-refractivity contribution is -0.233. The predicted molar refractivity (Wildman–Crippen MR) is 122 cm³/mol. The van der Waals surface area contributed by atoms with Gasteiger partial charge in [0.25, 0.3) is 0 Å². The molecule has 0 saturated carbocycles. The number of rotatable bonds is 5. The molecule has 4 heterocycles. The zero-order valence-corrected chi connectivity index (χ0v) is 19.2. The van der Waals surface area contributed by atoms with Gasteiger partial charge in [0.15, 0.2) is 23.7 Å². The Morgan fingerprint density at radius 2 is 1.76 bits per heavy atom. The summed E-state index contributed by atoms with van der Waals surface area (Å²) in [7, 11) is 0. The van der Waals surface area contributed by atoms with Crippen LogP contribution in [0, 0.1) is 17.5 Å². The Morgan fingerprint density at radius 3 is 2.53 bits per heavy atom. The van der Waals surface area contributed by atoms with E-state index in [1.54, 1.807) is 12.3 Å². The van der Waals surface area contributed by atoms with Crippen molar-refractivity contribution in [2.24, 2.45) is 0 Å². The lowest BCUT2D eigenvalue weighted by Crippen LogP contribution is -2.54. The largest absolute Gasteiger partial charge is 0.394 e. The Hall–Kier alpha value is -4.18. The summed E-state index contributed by atoms with van der Waals surface area (Å²) in [5.74, 6) is -4.44. The number of nitrogens with zero attached hydrogens (tertiary/aromatic N) is 7. The van der Waals surface area contributed by atoms with Crippen LogP contribution in [-0.4, -0.2) is 80.4 Å². The second kappa shape index (κ2) is 9.29. The standard InChI is InChI=1S/C23H19F3N8O4/c24-13-4-11(5-14(25)19(13)26)16-8-33(32-30-16)20-21(36)18(9-35)38-23(22(20)37)34-17(7-28-31-34)10-1-2-15-12(3-10)6-27-29-15/h1-8,18,20-23,35-37H,9H2,(H,27,29). The summed E-state index contributed by atoms with van der Waals surface area (Å²) in [5, 5.41) is 55.6. The summed E-state index contributed by atoms with van der Waals surface area (Å²) < 4.78 is 49.1. The monoisotopic (exact) mass is 528 g/mol. The van der Waals surface area contributed by atoms with Crippen LogP contribution in [-0.2, 0) is 4.74 Å². The third-order valence-electron chi connectivity index (χ3n) is 6.51. The molecule has 0 radical (unpaired) electrons. The number of ether oxygens (including phenoxy) is 1. The molecule has 0 aliphatic carbocycles. The molecule has 1 saturated heterocycles. The van der Waals surface area contributed by atoms with Crippen molar-refractivity contribution in [3.8, 4) is 22.5 Å². The first-order valence-electron chi connectivity index (χ1n) is 11.4. The highest BCUT2D eigenvalue weighted by molar-refractivity contribution is 5.83. The molecule has 5 unspecified atom stereocenters. The quantitative estimate of drug-likeness (QED) is 0.247. The Kier molecular flexibility index (Phi) is 5.91. The lowest BCUT2D eigenvalue weighted by Gasteiger charge is -2.42. The third-order valence-corrected chi connectivity index (χ3v) is 6.51. The van der Waals surface area contributed by atoms with Gasteiger partial charge in [0.05, 0.1) is 36.4 Å². The van der Waals surface area contributed by atoms with Crippen LogP contribution >= 0.6 is 0 Å². The highest BCUT2D eigenvalue weighted by Gasteiger charge is 2.47. The summed E-state index contributed by atoms with van der Waals surface area (Å²) in [4.78, 5) is 0. The van der Waals surface area contributed by atoms with Crippen LogP contribution in [0.3, 0.4) is 0 Å². The number of aliphatic hydroxyl groups is 3. The second-order valence-electron chi connectivity index (χ2n) is 8.79. The number of halogens is 3. The van der Waals surface area contributed by atoms with E-state index in [-0.39, 0.29) is 11.3 Å². The van der Waals surface area contributed by atoms with E-state index in [1.807, 2.05) is 12.1 Å². The van der Waals surface area contributed by atoms with Crippen molar-refractivity contribution in [3.63, 3.8) is 0 Å². The minimum absolute atomic E-state index is 0.0411. The molecule has 0 spiro atoms. The first-order chi connectivity index (χ1) is 18.4. The van der Waals surface area contributed by atoms with E-state index < -0.39 is 54.6 Å². The van der Waals surface area contributed by atoms with Gasteiger partial charge in [0, 0.05) is 16.5 Å². The third kappa shape index (κ3) is 3.92. The molecule has 0 bridgehead atoms. The molecule has 5 atom stereocenters. The van der Waals surface area contributed by atoms with Crippen LogP contribution in [0.4, 0.5) is 13.2 Å². The number of hydrogen-bond donors (Lipinski definition) is 4. The van der Waals surface area contributed by atoms with Gasteiger partial charge in [-0.25, -0.2) is 22.5 Å². The van der Waals surface area contributed by atoms with Crippen molar-refractivity contribution in [2.45, 2.75) is 30.6 Å². The van der Waals surface area contributed by atoms with Gasteiger partial charge in [-0.2, -0.15) is 5.10 Å². The SMILES string of the molecule is OCC1OC(n2nncc2-c2ccc3[nH]ncc3c2)C(O)C(n2cc(-c3cc(F)c(F)c(F)c3)nn2)C1O. The number of nitrogens with one attached hydrogen (secondary N) is 1. The fourth-order valence-electron chi connectivity index (χ4n) is 4.60. The van der Waals surface area contributed by atoms with E-state index in [2.05, 4.69) is 30.8 Å². The van der Waals surface area contributed by atoms with Crippen LogP contribution in [0.5, 0.6) is 0 Å². The highest BCUT2D eigenvalue weighted by Crippen LogP contribution is 2.37. The molecule has 2 aromatic carbocycles. The fourth-order valence-corrected chi connectivity index (χ4v) is 4.60. The van der Waals surface area contributed by atoms with Crippen molar-refractivity contribution in [1.29, 1.82) is 0 Å². The molecule has 196 valence electrons. The van der Waals surface area contributed by atoms with Gasteiger partial charge in [0.1, 0.15) is 30.0 Å². The van der Waals surface area contributed by atoms with Crippen LogP contribution in [0.2, 0.25) is 0 Å². The minimum Gasteiger partial charge on any atom is -0.394 e. The maximum atomic E-state index is 13.7. The van der Waals surface area contributed by atoms with Gasteiger partial charge in [-0.3, -0.25) is 5.10 Å². The molecule has 6 rings (SSSR count). The first kappa shape index (κ1) is 24.2. The van der Waals surface area contributed by atoms with Gasteiger partial charge < -0.3 is 20.1 Å². The van der Waals surface area contributed by atoms with Gasteiger partial charge in [0.2, 0.25) is 0 Å². The second-order valence-corrected chi connectivity index (χ2v) is 8.79. The van der Waals surface area contributed by atoms with Crippen molar-refractivity contribution < 1.29 is 33.2 Å². The first-order valence-corrected chi connectivity index (χ1v) is 11.4. The topological polar surface area (TPSA) is 160 Å². The van der Waals surface area contributed by atoms with Crippen LogP contribution in [0.25, 0.3) is 33.4 Å². The molecule has 15 heteroatoms. The summed E-state index contributed by atoms with van der Waals surface area (Å²) >= 11 is 0. The molecule has 0 amide bonds. The summed E-state index contributed by atoms with van der Waals surface area (Å²) in [5.41, 5.74) is 1.83. The number of fused-ring (bicyclic) bond motifs is 1. The number of aliphatic hydroxyl groups excluding tert-OH is 3. The lowest BCUT2D eigenvalue weighted by atomic mass is 9.95. The van der Waals surface area contributed by atoms with Gasteiger partial charge >= 0.3 is 0 Å². The molecule has 1 aliphatic rings. The van der Waals surface area contributed by atoms with Gasteiger partial charge in [-0.1, -0.05) is 16.5 Å². The van der Waals surface area contributed by atoms with Crippen molar-refractivity contribution in [2.75, 3.05) is 6.61 Å². The van der Waals surface area contributed by atoms with Crippen molar-refractivity contribution in [1.82, 2.24) is 40.2 Å². The average Bonchev–Trinajstić information content (AvgIpc) is 3.68. The number of benzene rings is 2. The maximum Gasteiger partial charge on any atom is 0.194 e. The van der Waals surface area contributed by atoms with Crippen molar-refractivity contribution in [3.05, 3.63) is 66.4 Å². The van der Waals surface area contributed by atoms with Crippen LogP contribution in [0.15, 0.2) is 48.9 Å². The molecule has 5 aromatic rings. The van der Waals surface area contributed by atoms with E-state index in [0.717, 1.165) is 27.7 Å². The maximum absolute atomic E-state index is 13.7. The predicted octanol–water partition coefficient (Wildman–Crippen LogP) is 1.35. The van der Waals surface area contributed by atoms with Crippen LogP contribution < -0.4 is 0 Å². The molecule has 12 nitrogen and oxygen atoms in total.